The third-order valence-electron chi connectivity index (χ3n) is 2.72. The molecule has 0 saturated heterocycles. The molecule has 0 saturated carbocycles. The molecule has 1 unspecified atom stereocenters. The molecule has 1 aromatic rings. The minimum atomic E-state index is 0.497. The molecule has 0 amide bonds. The maximum atomic E-state index is 6.02. The normalized spacial score (nSPS) is 12.8. The average Bonchev–Trinajstić information content (AvgIpc) is 2.28. The van der Waals surface area contributed by atoms with Crippen molar-refractivity contribution in [3.05, 3.63) is 27.7 Å². The van der Waals surface area contributed by atoms with Crippen molar-refractivity contribution in [2.45, 2.75) is 26.8 Å². The predicted molar refractivity (Wildman–Crippen MR) is 76.9 cm³/mol. The van der Waals surface area contributed by atoms with Crippen LogP contribution in [0.2, 0.25) is 5.02 Å². The van der Waals surface area contributed by atoms with Crippen molar-refractivity contribution in [3.63, 3.8) is 0 Å². The number of hydrogen-bond donors (Lipinski definition) is 1. The van der Waals surface area contributed by atoms with Gasteiger partial charge in [0.15, 0.2) is 0 Å². The summed E-state index contributed by atoms with van der Waals surface area (Å²) in [6, 6.07) is 6.10. The third kappa shape index (κ3) is 5.28. The Balaban J connectivity index is 2.33. The van der Waals surface area contributed by atoms with Crippen LogP contribution in [0.5, 0.6) is 5.75 Å². The Morgan fingerprint density at radius 3 is 2.71 bits per heavy atom. The summed E-state index contributed by atoms with van der Waals surface area (Å²) in [5.74, 6) is 1.35. The number of benzene rings is 1. The first-order chi connectivity index (χ1) is 8.00. The second-order valence-electron chi connectivity index (χ2n) is 4.41. The Morgan fingerprint density at radius 2 is 2.06 bits per heavy atom. The molecule has 1 atom stereocenters. The molecule has 0 aliphatic heterocycles. The minimum Gasteiger partial charge on any atom is -0.491 e. The number of ether oxygens (including phenoxy) is 1. The molecule has 17 heavy (non-hydrogen) atoms. The fourth-order valence-corrected chi connectivity index (χ4v) is 1.78. The zero-order chi connectivity index (χ0) is 12.8. The monoisotopic (exact) mass is 319 g/mol. The van der Waals surface area contributed by atoms with Crippen LogP contribution in [0.1, 0.15) is 20.8 Å². The summed E-state index contributed by atoms with van der Waals surface area (Å²) in [5, 5.41) is 4.05. The molecule has 1 rings (SSSR count). The summed E-state index contributed by atoms with van der Waals surface area (Å²) < 4.78 is 6.60. The smallest absolute Gasteiger partial charge is 0.139 e. The number of rotatable bonds is 6. The van der Waals surface area contributed by atoms with Crippen LogP contribution in [-0.2, 0) is 0 Å². The third-order valence-corrected chi connectivity index (χ3v) is 3.52. The van der Waals surface area contributed by atoms with Gasteiger partial charge in [-0.3, -0.25) is 0 Å². The molecular weight excluding hydrogens is 302 g/mol. The lowest BCUT2D eigenvalue weighted by Gasteiger charge is -2.17. The van der Waals surface area contributed by atoms with E-state index in [1.807, 2.05) is 18.2 Å². The fraction of sp³-hybridized carbons (Fsp3) is 0.538. The summed E-state index contributed by atoms with van der Waals surface area (Å²) in [6.07, 6.45) is 0. The molecule has 0 spiro atoms. The van der Waals surface area contributed by atoms with Crippen LogP contribution in [0.4, 0.5) is 0 Å². The number of halogens is 2. The van der Waals surface area contributed by atoms with Gasteiger partial charge in [-0.15, -0.1) is 0 Å². The lowest BCUT2D eigenvalue weighted by molar-refractivity contribution is 0.297. The van der Waals surface area contributed by atoms with E-state index in [1.54, 1.807) is 0 Å². The zero-order valence-electron chi connectivity index (χ0n) is 10.5. The van der Waals surface area contributed by atoms with Gasteiger partial charge in [-0.2, -0.15) is 0 Å². The maximum Gasteiger partial charge on any atom is 0.139 e. The van der Waals surface area contributed by atoms with Crippen molar-refractivity contribution in [3.8, 4) is 5.75 Å². The van der Waals surface area contributed by atoms with Gasteiger partial charge in [0, 0.05) is 17.1 Å². The van der Waals surface area contributed by atoms with Crippen LogP contribution in [0.3, 0.4) is 0 Å². The highest BCUT2D eigenvalue weighted by Crippen LogP contribution is 2.27. The van der Waals surface area contributed by atoms with E-state index < -0.39 is 0 Å². The Hall–Kier alpha value is -0.250. The standard InChI is InChI=1S/C13H19BrClNO/c1-9(2)10(3)16-6-7-17-13-8-11(14)4-5-12(13)15/h4-5,8-10,16H,6-7H2,1-3H3. The van der Waals surface area contributed by atoms with Gasteiger partial charge in [-0.1, -0.05) is 41.4 Å². The van der Waals surface area contributed by atoms with Gasteiger partial charge < -0.3 is 10.1 Å². The van der Waals surface area contributed by atoms with Gasteiger partial charge in [0.1, 0.15) is 12.4 Å². The van der Waals surface area contributed by atoms with E-state index in [0.717, 1.165) is 16.8 Å². The lowest BCUT2D eigenvalue weighted by Crippen LogP contribution is -2.33. The minimum absolute atomic E-state index is 0.497. The fourth-order valence-electron chi connectivity index (χ4n) is 1.27. The van der Waals surface area contributed by atoms with Crippen molar-refractivity contribution in [1.82, 2.24) is 5.32 Å². The number of hydrogen-bond acceptors (Lipinski definition) is 2. The van der Waals surface area contributed by atoms with E-state index in [2.05, 4.69) is 42.0 Å². The molecule has 96 valence electrons. The first kappa shape index (κ1) is 14.8. The molecule has 1 aromatic carbocycles. The molecule has 0 heterocycles. The Labute approximate surface area is 117 Å². The highest BCUT2D eigenvalue weighted by molar-refractivity contribution is 9.10. The maximum absolute atomic E-state index is 6.02. The van der Waals surface area contributed by atoms with E-state index in [1.165, 1.54) is 0 Å². The molecule has 4 heteroatoms. The van der Waals surface area contributed by atoms with Gasteiger partial charge >= 0.3 is 0 Å². The van der Waals surface area contributed by atoms with Gasteiger partial charge in [0.05, 0.1) is 5.02 Å². The van der Waals surface area contributed by atoms with Crippen LogP contribution in [0.15, 0.2) is 22.7 Å². The van der Waals surface area contributed by atoms with Crippen LogP contribution in [-0.4, -0.2) is 19.2 Å². The Bertz CT molecular complexity index is 357. The topological polar surface area (TPSA) is 21.3 Å². The summed E-state index contributed by atoms with van der Waals surface area (Å²) >= 11 is 9.42. The molecule has 0 aromatic heterocycles. The summed E-state index contributed by atoms with van der Waals surface area (Å²) in [5.41, 5.74) is 0. The Kier molecular flexibility index (Phi) is 6.31. The largest absolute Gasteiger partial charge is 0.491 e. The average molecular weight is 321 g/mol. The van der Waals surface area contributed by atoms with Gasteiger partial charge in [0.2, 0.25) is 0 Å². The predicted octanol–water partition coefficient (Wildman–Crippen LogP) is 4.12. The van der Waals surface area contributed by atoms with E-state index >= 15 is 0 Å². The van der Waals surface area contributed by atoms with Crippen molar-refractivity contribution >= 4 is 27.5 Å². The van der Waals surface area contributed by atoms with Crippen LogP contribution in [0.25, 0.3) is 0 Å². The van der Waals surface area contributed by atoms with E-state index in [4.69, 9.17) is 16.3 Å². The van der Waals surface area contributed by atoms with E-state index in [0.29, 0.717) is 23.6 Å². The van der Waals surface area contributed by atoms with Crippen LogP contribution in [0, 0.1) is 5.92 Å². The van der Waals surface area contributed by atoms with Gasteiger partial charge in [-0.05, 0) is 31.0 Å². The molecule has 0 aliphatic carbocycles. The van der Waals surface area contributed by atoms with Crippen molar-refractivity contribution in [1.29, 1.82) is 0 Å². The second kappa shape index (κ2) is 7.24. The summed E-state index contributed by atoms with van der Waals surface area (Å²) in [7, 11) is 0. The van der Waals surface area contributed by atoms with Gasteiger partial charge in [0.25, 0.3) is 0 Å². The van der Waals surface area contributed by atoms with Crippen molar-refractivity contribution in [2.75, 3.05) is 13.2 Å². The first-order valence-electron chi connectivity index (χ1n) is 5.82. The SMILES string of the molecule is CC(C)C(C)NCCOc1cc(Br)ccc1Cl. The summed E-state index contributed by atoms with van der Waals surface area (Å²) in [6.45, 7) is 8.01. The highest BCUT2D eigenvalue weighted by Gasteiger charge is 2.06. The number of nitrogens with one attached hydrogen (secondary N) is 1. The van der Waals surface area contributed by atoms with Crippen molar-refractivity contribution in [2.24, 2.45) is 5.92 Å². The van der Waals surface area contributed by atoms with E-state index in [-0.39, 0.29) is 0 Å². The lowest BCUT2D eigenvalue weighted by atomic mass is 10.1. The molecule has 1 N–H and O–H groups in total. The molecule has 0 fully saturated rings. The summed E-state index contributed by atoms with van der Waals surface area (Å²) in [4.78, 5) is 0. The molecule has 0 radical (unpaired) electrons. The zero-order valence-corrected chi connectivity index (χ0v) is 12.8. The van der Waals surface area contributed by atoms with Crippen molar-refractivity contribution < 1.29 is 4.74 Å². The van der Waals surface area contributed by atoms with Crippen LogP contribution >= 0.6 is 27.5 Å². The van der Waals surface area contributed by atoms with Gasteiger partial charge in [-0.25, -0.2) is 0 Å². The second-order valence-corrected chi connectivity index (χ2v) is 5.73. The van der Waals surface area contributed by atoms with E-state index in [9.17, 15) is 0 Å². The van der Waals surface area contributed by atoms with Crippen LogP contribution < -0.4 is 10.1 Å². The molecule has 2 nitrogen and oxygen atoms in total. The molecular formula is C13H19BrClNO. The molecule has 0 bridgehead atoms. The first-order valence-corrected chi connectivity index (χ1v) is 6.99. The highest BCUT2D eigenvalue weighted by atomic mass is 79.9. The Morgan fingerprint density at radius 1 is 1.35 bits per heavy atom. The quantitative estimate of drug-likeness (QED) is 0.796. The molecule has 0 aliphatic rings.